The fraction of sp³-hybridized carbons (Fsp3) is 0.269. The van der Waals surface area contributed by atoms with Crippen LogP contribution in [0.3, 0.4) is 0 Å². The van der Waals surface area contributed by atoms with Gasteiger partial charge in [0.2, 0.25) is 5.91 Å². The van der Waals surface area contributed by atoms with Crippen molar-refractivity contribution in [3.8, 4) is 0 Å². The van der Waals surface area contributed by atoms with Crippen LogP contribution in [0.5, 0.6) is 0 Å². The SMILES string of the molecule is Cc1cc(N2C[C@H](NC(=O)c3ccc4c(Cl)cccc4c3)CC2=O)ccc1N1CCOCC1=O. The Bertz CT molecular complexity index is 1310. The standard InChI is InChI=1S/C26H24ClN3O4/c1-16-11-20(6-8-23(16)29-9-10-34-15-25(29)32)30-14-19(13-24(30)31)28-26(33)18-5-7-21-17(12-18)3-2-4-22(21)27/h2-8,11-12,19H,9-10,13-15H2,1H3,(H,28,33)/t19-/m1/s1. The van der Waals surface area contributed by atoms with Gasteiger partial charge in [-0.25, -0.2) is 0 Å². The molecule has 174 valence electrons. The summed E-state index contributed by atoms with van der Waals surface area (Å²) in [6.07, 6.45) is 0.230. The Morgan fingerprint density at radius 2 is 1.91 bits per heavy atom. The molecule has 2 heterocycles. The smallest absolute Gasteiger partial charge is 0.253 e. The topological polar surface area (TPSA) is 79.0 Å². The van der Waals surface area contributed by atoms with Crippen molar-refractivity contribution in [3.05, 3.63) is 70.7 Å². The Labute approximate surface area is 202 Å². The average molecular weight is 478 g/mol. The second kappa shape index (κ2) is 9.08. The number of benzene rings is 3. The number of carbonyl (C=O) groups is 3. The van der Waals surface area contributed by atoms with Crippen molar-refractivity contribution in [2.45, 2.75) is 19.4 Å². The van der Waals surface area contributed by atoms with Crippen molar-refractivity contribution in [1.82, 2.24) is 5.32 Å². The van der Waals surface area contributed by atoms with Gasteiger partial charge in [-0.05, 0) is 54.3 Å². The molecule has 3 aromatic rings. The van der Waals surface area contributed by atoms with Crippen molar-refractivity contribution in [2.24, 2.45) is 0 Å². The molecule has 2 fully saturated rings. The van der Waals surface area contributed by atoms with E-state index in [1.807, 2.05) is 49.4 Å². The molecule has 3 aromatic carbocycles. The number of morpholine rings is 1. The fourth-order valence-electron chi connectivity index (χ4n) is 4.59. The molecule has 0 spiro atoms. The zero-order chi connectivity index (χ0) is 23.8. The molecule has 0 aliphatic carbocycles. The van der Waals surface area contributed by atoms with Crippen LogP contribution in [0.1, 0.15) is 22.3 Å². The fourth-order valence-corrected chi connectivity index (χ4v) is 4.84. The molecule has 5 rings (SSSR count). The summed E-state index contributed by atoms with van der Waals surface area (Å²) < 4.78 is 5.21. The lowest BCUT2D eigenvalue weighted by Gasteiger charge is -2.29. The van der Waals surface area contributed by atoms with Gasteiger partial charge in [-0.15, -0.1) is 0 Å². The van der Waals surface area contributed by atoms with Crippen molar-refractivity contribution in [3.63, 3.8) is 0 Å². The zero-order valence-electron chi connectivity index (χ0n) is 18.7. The normalized spacial score (nSPS) is 18.6. The Kier molecular flexibility index (Phi) is 5.98. The Balaban J connectivity index is 1.28. The molecule has 1 atom stereocenters. The lowest BCUT2D eigenvalue weighted by molar-refractivity contribution is -0.125. The van der Waals surface area contributed by atoms with E-state index >= 15 is 0 Å². The second-order valence-corrected chi connectivity index (χ2v) is 9.03. The summed E-state index contributed by atoms with van der Waals surface area (Å²) in [5, 5.41) is 5.40. The number of ether oxygens (including phenoxy) is 1. The van der Waals surface area contributed by atoms with Gasteiger partial charge in [-0.1, -0.05) is 29.8 Å². The highest BCUT2D eigenvalue weighted by molar-refractivity contribution is 6.35. The van der Waals surface area contributed by atoms with Gasteiger partial charge in [-0.2, -0.15) is 0 Å². The lowest BCUT2D eigenvalue weighted by atomic mass is 10.1. The largest absolute Gasteiger partial charge is 0.370 e. The average Bonchev–Trinajstić information content (AvgIpc) is 3.19. The number of hydrogen-bond acceptors (Lipinski definition) is 4. The molecule has 2 saturated heterocycles. The summed E-state index contributed by atoms with van der Waals surface area (Å²) in [7, 11) is 0. The van der Waals surface area contributed by atoms with Gasteiger partial charge in [0.1, 0.15) is 6.61 Å². The number of halogens is 1. The van der Waals surface area contributed by atoms with E-state index in [1.165, 1.54) is 0 Å². The Morgan fingerprint density at radius 3 is 2.71 bits per heavy atom. The summed E-state index contributed by atoms with van der Waals surface area (Å²) in [5.74, 6) is -0.345. The third kappa shape index (κ3) is 4.24. The molecule has 0 radical (unpaired) electrons. The summed E-state index contributed by atoms with van der Waals surface area (Å²) in [6.45, 7) is 3.41. The van der Waals surface area contributed by atoms with Crippen LogP contribution in [0, 0.1) is 6.92 Å². The highest BCUT2D eigenvalue weighted by atomic mass is 35.5. The highest BCUT2D eigenvalue weighted by Crippen LogP contribution is 2.29. The van der Waals surface area contributed by atoms with Gasteiger partial charge in [0, 0.05) is 46.9 Å². The van der Waals surface area contributed by atoms with Crippen molar-refractivity contribution >= 4 is 51.5 Å². The summed E-state index contributed by atoms with van der Waals surface area (Å²) in [5.41, 5.74) is 3.01. The first-order valence-corrected chi connectivity index (χ1v) is 11.6. The number of amides is 3. The molecule has 2 aliphatic heterocycles. The van der Waals surface area contributed by atoms with E-state index in [2.05, 4.69) is 5.32 Å². The first kappa shape index (κ1) is 22.4. The van der Waals surface area contributed by atoms with Crippen LogP contribution in [0.15, 0.2) is 54.6 Å². The molecule has 0 bridgehead atoms. The third-order valence-corrected chi connectivity index (χ3v) is 6.65. The maximum Gasteiger partial charge on any atom is 0.253 e. The van der Waals surface area contributed by atoms with Gasteiger partial charge in [0.05, 0.1) is 12.6 Å². The molecular formula is C26H24ClN3O4. The summed E-state index contributed by atoms with van der Waals surface area (Å²) >= 11 is 6.22. The van der Waals surface area contributed by atoms with Gasteiger partial charge >= 0.3 is 0 Å². The van der Waals surface area contributed by atoms with E-state index in [9.17, 15) is 14.4 Å². The first-order chi connectivity index (χ1) is 16.4. The first-order valence-electron chi connectivity index (χ1n) is 11.2. The highest BCUT2D eigenvalue weighted by Gasteiger charge is 2.32. The summed E-state index contributed by atoms with van der Waals surface area (Å²) in [4.78, 5) is 41.2. The van der Waals surface area contributed by atoms with Gasteiger partial charge in [0.25, 0.3) is 11.8 Å². The number of rotatable bonds is 4. The van der Waals surface area contributed by atoms with E-state index in [4.69, 9.17) is 16.3 Å². The van der Waals surface area contributed by atoms with E-state index in [-0.39, 0.29) is 36.8 Å². The Morgan fingerprint density at radius 1 is 1.06 bits per heavy atom. The van der Waals surface area contributed by atoms with Crippen LogP contribution in [-0.2, 0) is 14.3 Å². The third-order valence-electron chi connectivity index (χ3n) is 6.32. The molecule has 0 aromatic heterocycles. The molecule has 0 saturated carbocycles. The number of aryl methyl sites for hydroxylation is 1. The van der Waals surface area contributed by atoms with Crippen LogP contribution < -0.4 is 15.1 Å². The minimum atomic E-state index is -0.295. The van der Waals surface area contributed by atoms with E-state index in [0.29, 0.717) is 30.3 Å². The molecule has 2 aliphatic rings. The monoisotopic (exact) mass is 477 g/mol. The van der Waals surface area contributed by atoms with Crippen LogP contribution in [0.2, 0.25) is 5.02 Å². The van der Waals surface area contributed by atoms with Crippen LogP contribution >= 0.6 is 11.6 Å². The number of anilines is 2. The molecule has 8 heteroatoms. The van der Waals surface area contributed by atoms with E-state index in [1.54, 1.807) is 21.9 Å². The zero-order valence-corrected chi connectivity index (χ0v) is 19.5. The minimum Gasteiger partial charge on any atom is -0.370 e. The number of hydrogen-bond donors (Lipinski definition) is 1. The van der Waals surface area contributed by atoms with Crippen LogP contribution in [-0.4, -0.2) is 50.1 Å². The van der Waals surface area contributed by atoms with Crippen molar-refractivity contribution in [1.29, 1.82) is 0 Å². The lowest BCUT2D eigenvalue weighted by Crippen LogP contribution is -2.42. The van der Waals surface area contributed by atoms with E-state index in [0.717, 1.165) is 27.7 Å². The number of fused-ring (bicyclic) bond motifs is 1. The predicted molar refractivity (Wildman–Crippen MR) is 132 cm³/mol. The predicted octanol–water partition coefficient (Wildman–Crippen LogP) is 3.70. The van der Waals surface area contributed by atoms with Crippen LogP contribution in [0.4, 0.5) is 11.4 Å². The number of nitrogens with zero attached hydrogens (tertiary/aromatic N) is 2. The molecule has 34 heavy (non-hydrogen) atoms. The van der Waals surface area contributed by atoms with Gasteiger partial charge in [0.15, 0.2) is 0 Å². The molecular weight excluding hydrogens is 454 g/mol. The minimum absolute atomic E-state index is 0.0507. The molecule has 0 unspecified atom stereocenters. The van der Waals surface area contributed by atoms with Crippen molar-refractivity contribution < 1.29 is 19.1 Å². The van der Waals surface area contributed by atoms with Gasteiger partial charge in [-0.3, -0.25) is 14.4 Å². The number of nitrogens with one attached hydrogen (secondary N) is 1. The molecule has 3 amide bonds. The number of carbonyl (C=O) groups excluding carboxylic acids is 3. The van der Waals surface area contributed by atoms with Gasteiger partial charge < -0.3 is 19.9 Å². The quantitative estimate of drug-likeness (QED) is 0.621. The van der Waals surface area contributed by atoms with E-state index < -0.39 is 0 Å². The molecule has 1 N–H and O–H groups in total. The molecule has 7 nitrogen and oxygen atoms in total. The van der Waals surface area contributed by atoms with Crippen LogP contribution in [0.25, 0.3) is 10.8 Å². The maximum atomic E-state index is 12.9. The Hall–Kier alpha value is -3.42. The second-order valence-electron chi connectivity index (χ2n) is 8.62. The van der Waals surface area contributed by atoms with Crippen molar-refractivity contribution in [2.75, 3.05) is 36.1 Å². The maximum absolute atomic E-state index is 12.9. The summed E-state index contributed by atoms with van der Waals surface area (Å²) in [6, 6.07) is 16.3.